The highest BCUT2D eigenvalue weighted by Gasteiger charge is 2.29. The number of ether oxygens (including phenoxy) is 1. The van der Waals surface area contributed by atoms with Crippen LogP contribution in [0.5, 0.6) is 5.75 Å². The van der Waals surface area contributed by atoms with Gasteiger partial charge >= 0.3 is 0 Å². The predicted octanol–water partition coefficient (Wildman–Crippen LogP) is 5.85. The maximum absolute atomic E-state index is 13.3. The summed E-state index contributed by atoms with van der Waals surface area (Å²) in [5, 5.41) is 2.98. The van der Waals surface area contributed by atoms with Gasteiger partial charge in [-0.25, -0.2) is 0 Å². The molecule has 180 valence electrons. The minimum absolute atomic E-state index is 0.0167. The van der Waals surface area contributed by atoms with E-state index in [9.17, 15) is 9.59 Å². The van der Waals surface area contributed by atoms with Crippen LogP contribution in [0.1, 0.15) is 65.0 Å². The van der Waals surface area contributed by atoms with Gasteiger partial charge in [-0.1, -0.05) is 77.4 Å². The van der Waals surface area contributed by atoms with Crippen molar-refractivity contribution >= 4 is 27.7 Å². The van der Waals surface area contributed by atoms with Gasteiger partial charge in [-0.2, -0.15) is 0 Å². The number of unbranched alkanes of at least 4 members (excludes halogenated alkanes) is 1. The topological polar surface area (TPSA) is 58.6 Å². The standard InChI is InChI=1S/C27H37BrN2O3/c1-6-8-16-29-26(32)23(7-2)30(18-20-12-10-9-11-13-20)25(31)19-33-24-15-14-21(17-22(24)28)27(3,4)5/h9-15,17,23H,6-8,16,18-19H2,1-5H3,(H,29,32)/t23-/m1/s1. The average Bonchev–Trinajstić information content (AvgIpc) is 2.78. The molecule has 0 fully saturated rings. The van der Waals surface area contributed by atoms with E-state index in [2.05, 4.69) is 48.9 Å². The van der Waals surface area contributed by atoms with Crippen molar-refractivity contribution in [2.75, 3.05) is 13.2 Å². The molecular formula is C27H37BrN2O3. The molecule has 2 aromatic rings. The average molecular weight is 518 g/mol. The minimum Gasteiger partial charge on any atom is -0.483 e. The summed E-state index contributed by atoms with van der Waals surface area (Å²) in [6, 6.07) is 15.1. The smallest absolute Gasteiger partial charge is 0.261 e. The van der Waals surface area contributed by atoms with Crippen LogP contribution in [-0.2, 0) is 21.5 Å². The van der Waals surface area contributed by atoms with Gasteiger partial charge in [0.1, 0.15) is 11.8 Å². The fraction of sp³-hybridized carbons (Fsp3) is 0.481. The lowest BCUT2D eigenvalue weighted by atomic mass is 9.87. The predicted molar refractivity (Wildman–Crippen MR) is 137 cm³/mol. The fourth-order valence-electron chi connectivity index (χ4n) is 3.51. The Morgan fingerprint density at radius 2 is 1.79 bits per heavy atom. The third kappa shape index (κ3) is 8.18. The van der Waals surface area contributed by atoms with Crippen LogP contribution in [0.2, 0.25) is 0 Å². The van der Waals surface area contributed by atoms with Crippen molar-refractivity contribution in [1.82, 2.24) is 10.2 Å². The summed E-state index contributed by atoms with van der Waals surface area (Å²) in [4.78, 5) is 27.8. The molecule has 1 atom stereocenters. The molecule has 6 heteroatoms. The molecular weight excluding hydrogens is 480 g/mol. The Morgan fingerprint density at radius 3 is 2.36 bits per heavy atom. The highest BCUT2D eigenvalue weighted by molar-refractivity contribution is 9.10. The molecule has 2 rings (SSSR count). The number of rotatable bonds is 11. The first-order valence-electron chi connectivity index (χ1n) is 11.7. The molecule has 0 aliphatic rings. The maximum Gasteiger partial charge on any atom is 0.261 e. The van der Waals surface area contributed by atoms with E-state index in [0.29, 0.717) is 25.3 Å². The highest BCUT2D eigenvalue weighted by atomic mass is 79.9. The van der Waals surface area contributed by atoms with Gasteiger partial charge in [0.2, 0.25) is 5.91 Å². The summed E-state index contributed by atoms with van der Waals surface area (Å²) in [6.45, 7) is 11.3. The highest BCUT2D eigenvalue weighted by Crippen LogP contribution is 2.31. The van der Waals surface area contributed by atoms with Crippen molar-refractivity contribution in [1.29, 1.82) is 0 Å². The molecule has 33 heavy (non-hydrogen) atoms. The van der Waals surface area contributed by atoms with Crippen LogP contribution in [0.4, 0.5) is 0 Å². The summed E-state index contributed by atoms with van der Waals surface area (Å²) >= 11 is 3.57. The monoisotopic (exact) mass is 516 g/mol. The summed E-state index contributed by atoms with van der Waals surface area (Å²) < 4.78 is 6.70. The number of benzene rings is 2. The number of hydrogen-bond donors (Lipinski definition) is 1. The van der Waals surface area contributed by atoms with E-state index in [1.165, 1.54) is 5.56 Å². The number of hydrogen-bond acceptors (Lipinski definition) is 3. The molecule has 2 amide bonds. The van der Waals surface area contributed by atoms with E-state index in [4.69, 9.17) is 4.74 Å². The molecule has 0 aliphatic heterocycles. The Bertz CT molecular complexity index is 909. The maximum atomic E-state index is 13.3. The third-order valence-corrected chi connectivity index (χ3v) is 6.18. The van der Waals surface area contributed by atoms with Gasteiger partial charge in [0, 0.05) is 13.1 Å². The van der Waals surface area contributed by atoms with Gasteiger partial charge in [-0.3, -0.25) is 9.59 Å². The zero-order valence-corrected chi connectivity index (χ0v) is 22.1. The van der Waals surface area contributed by atoms with Gasteiger partial charge in [-0.05, 0) is 57.4 Å². The van der Waals surface area contributed by atoms with Crippen molar-refractivity contribution < 1.29 is 14.3 Å². The second-order valence-electron chi connectivity index (χ2n) is 9.26. The lowest BCUT2D eigenvalue weighted by molar-refractivity contribution is -0.143. The first-order valence-corrected chi connectivity index (χ1v) is 12.5. The van der Waals surface area contributed by atoms with E-state index in [1.54, 1.807) is 4.90 Å². The van der Waals surface area contributed by atoms with E-state index >= 15 is 0 Å². The molecule has 0 saturated carbocycles. The van der Waals surface area contributed by atoms with E-state index < -0.39 is 6.04 Å². The van der Waals surface area contributed by atoms with Crippen molar-refractivity contribution in [3.63, 3.8) is 0 Å². The zero-order valence-electron chi connectivity index (χ0n) is 20.5. The molecule has 0 bridgehead atoms. The van der Waals surface area contributed by atoms with Crippen LogP contribution < -0.4 is 10.1 Å². The van der Waals surface area contributed by atoms with Crippen LogP contribution in [-0.4, -0.2) is 35.9 Å². The van der Waals surface area contributed by atoms with Crippen LogP contribution >= 0.6 is 15.9 Å². The summed E-state index contributed by atoms with van der Waals surface area (Å²) in [6.07, 6.45) is 2.44. The van der Waals surface area contributed by atoms with Gasteiger partial charge in [0.05, 0.1) is 4.47 Å². The van der Waals surface area contributed by atoms with Crippen molar-refractivity contribution in [2.24, 2.45) is 0 Å². The molecule has 0 saturated heterocycles. The summed E-state index contributed by atoms with van der Waals surface area (Å²) in [5.74, 6) is 0.269. The number of carbonyl (C=O) groups is 2. The van der Waals surface area contributed by atoms with Gasteiger partial charge in [0.15, 0.2) is 6.61 Å². The number of amides is 2. The van der Waals surface area contributed by atoms with Crippen molar-refractivity contribution in [2.45, 2.75) is 71.9 Å². The number of nitrogens with zero attached hydrogens (tertiary/aromatic N) is 1. The van der Waals surface area contributed by atoms with Crippen LogP contribution in [0.25, 0.3) is 0 Å². The summed E-state index contributed by atoms with van der Waals surface area (Å²) in [7, 11) is 0. The molecule has 0 aromatic heterocycles. The van der Waals surface area contributed by atoms with E-state index in [0.717, 1.165) is 22.9 Å². The Hall–Kier alpha value is -2.34. The summed E-state index contributed by atoms with van der Waals surface area (Å²) in [5.41, 5.74) is 2.16. The lowest BCUT2D eigenvalue weighted by Crippen LogP contribution is -2.50. The van der Waals surface area contributed by atoms with E-state index in [1.807, 2.05) is 55.5 Å². The molecule has 0 radical (unpaired) electrons. The van der Waals surface area contributed by atoms with Crippen LogP contribution in [0, 0.1) is 0 Å². The van der Waals surface area contributed by atoms with Gasteiger partial charge in [-0.15, -0.1) is 0 Å². The molecule has 0 unspecified atom stereocenters. The quantitative estimate of drug-likeness (QED) is 0.381. The van der Waals surface area contributed by atoms with Gasteiger partial charge in [0.25, 0.3) is 5.91 Å². The van der Waals surface area contributed by atoms with Crippen LogP contribution in [0.15, 0.2) is 53.0 Å². The normalized spacial score (nSPS) is 12.2. The molecule has 2 aromatic carbocycles. The second kappa shape index (κ2) is 12.8. The third-order valence-electron chi connectivity index (χ3n) is 5.56. The van der Waals surface area contributed by atoms with E-state index in [-0.39, 0.29) is 23.8 Å². The zero-order chi connectivity index (χ0) is 24.4. The Balaban J connectivity index is 2.18. The Kier molecular flexibility index (Phi) is 10.4. The number of halogens is 1. The first kappa shape index (κ1) is 26.9. The number of carbonyl (C=O) groups excluding carboxylic acids is 2. The fourth-order valence-corrected chi connectivity index (χ4v) is 4.01. The van der Waals surface area contributed by atoms with Crippen molar-refractivity contribution in [3.8, 4) is 5.75 Å². The molecule has 1 N–H and O–H groups in total. The molecule has 5 nitrogen and oxygen atoms in total. The molecule has 0 heterocycles. The largest absolute Gasteiger partial charge is 0.483 e. The van der Waals surface area contributed by atoms with Crippen LogP contribution in [0.3, 0.4) is 0 Å². The number of nitrogens with one attached hydrogen (secondary N) is 1. The first-order chi connectivity index (χ1) is 15.7. The molecule has 0 aliphatic carbocycles. The van der Waals surface area contributed by atoms with Crippen molar-refractivity contribution in [3.05, 3.63) is 64.1 Å². The Morgan fingerprint density at radius 1 is 1.09 bits per heavy atom. The minimum atomic E-state index is -0.551. The second-order valence-corrected chi connectivity index (χ2v) is 10.1. The SMILES string of the molecule is CCCCNC(=O)[C@@H](CC)N(Cc1ccccc1)C(=O)COc1ccc(C(C)(C)C)cc1Br. The Labute approximate surface area is 207 Å². The lowest BCUT2D eigenvalue weighted by Gasteiger charge is -2.30. The van der Waals surface area contributed by atoms with Gasteiger partial charge < -0.3 is 15.0 Å². The molecule has 0 spiro atoms.